The van der Waals surface area contributed by atoms with Gasteiger partial charge in [-0.3, -0.25) is 9.59 Å². The summed E-state index contributed by atoms with van der Waals surface area (Å²) in [7, 11) is 1.57. The van der Waals surface area contributed by atoms with Crippen molar-refractivity contribution in [2.75, 3.05) is 25.5 Å². The van der Waals surface area contributed by atoms with Gasteiger partial charge in [0.2, 0.25) is 5.91 Å². The average molecular weight is 396 g/mol. The van der Waals surface area contributed by atoms with Gasteiger partial charge in [0.05, 0.1) is 6.54 Å². The molecule has 2 rings (SSSR count). The Morgan fingerprint density at radius 3 is 2.21 bits per heavy atom. The third-order valence-electron chi connectivity index (χ3n) is 4.60. The van der Waals surface area contributed by atoms with E-state index in [0.717, 1.165) is 22.4 Å². The minimum atomic E-state index is -0.290. The van der Waals surface area contributed by atoms with Crippen molar-refractivity contribution in [2.45, 2.75) is 33.6 Å². The quantitative estimate of drug-likeness (QED) is 0.706. The zero-order valence-corrected chi connectivity index (χ0v) is 17.5. The van der Waals surface area contributed by atoms with E-state index in [4.69, 9.17) is 4.74 Å². The van der Waals surface area contributed by atoms with Crippen molar-refractivity contribution in [3.63, 3.8) is 0 Å². The summed E-state index contributed by atoms with van der Waals surface area (Å²) in [5, 5.41) is 2.87. The number of ether oxygens (including phenoxy) is 1. The van der Waals surface area contributed by atoms with Crippen molar-refractivity contribution in [3.8, 4) is 5.75 Å². The fraction of sp³-hybridized carbons (Fsp3) is 0.348. The van der Waals surface area contributed by atoms with Crippen molar-refractivity contribution in [1.82, 2.24) is 4.90 Å². The Morgan fingerprint density at radius 2 is 1.62 bits per heavy atom. The molecule has 2 aromatic rings. The van der Waals surface area contributed by atoms with Gasteiger partial charge in [-0.1, -0.05) is 30.3 Å². The Bertz CT molecular complexity index is 855. The van der Waals surface area contributed by atoms with Gasteiger partial charge in [0.1, 0.15) is 11.5 Å². The molecule has 0 radical (unpaired) electrons. The topological polar surface area (TPSA) is 75.7 Å². The SMILES string of the molecule is CC(=O)CCc1ccc(OCC(=O)N(C)CC(=O)Nc2c(C)cccc2C)cc1. The van der Waals surface area contributed by atoms with Crippen molar-refractivity contribution >= 4 is 23.3 Å². The lowest BCUT2D eigenvalue weighted by Gasteiger charge is -2.18. The van der Waals surface area contributed by atoms with Gasteiger partial charge in [0.25, 0.3) is 5.91 Å². The van der Waals surface area contributed by atoms with Gasteiger partial charge in [0, 0.05) is 19.2 Å². The van der Waals surface area contributed by atoms with Crippen LogP contribution < -0.4 is 10.1 Å². The molecule has 0 aromatic heterocycles. The molecular formula is C23H28N2O4. The van der Waals surface area contributed by atoms with Crippen molar-refractivity contribution in [2.24, 2.45) is 0 Å². The van der Waals surface area contributed by atoms with Crippen LogP contribution in [0.25, 0.3) is 0 Å². The number of carbonyl (C=O) groups is 3. The summed E-state index contributed by atoms with van der Waals surface area (Å²) < 4.78 is 5.52. The highest BCUT2D eigenvalue weighted by atomic mass is 16.5. The Labute approximate surface area is 171 Å². The van der Waals surface area contributed by atoms with Crippen molar-refractivity contribution in [1.29, 1.82) is 0 Å². The number of rotatable bonds is 9. The summed E-state index contributed by atoms with van der Waals surface area (Å²) >= 11 is 0. The minimum absolute atomic E-state index is 0.0556. The number of ketones is 1. The maximum Gasteiger partial charge on any atom is 0.260 e. The lowest BCUT2D eigenvalue weighted by Crippen LogP contribution is -2.37. The standard InChI is InChI=1S/C23H28N2O4/c1-16-6-5-7-17(2)23(16)24-21(27)14-25(4)22(28)15-29-20-12-10-19(11-13-20)9-8-18(3)26/h5-7,10-13H,8-9,14-15H2,1-4H3,(H,24,27). The van der Waals surface area contributed by atoms with Crippen molar-refractivity contribution < 1.29 is 19.1 Å². The van der Waals surface area contributed by atoms with E-state index in [-0.39, 0.29) is 30.7 Å². The Morgan fingerprint density at radius 1 is 1.00 bits per heavy atom. The number of hydrogen-bond donors (Lipinski definition) is 1. The van der Waals surface area contributed by atoms with E-state index in [1.165, 1.54) is 4.90 Å². The van der Waals surface area contributed by atoms with Gasteiger partial charge in [-0.2, -0.15) is 0 Å². The van der Waals surface area contributed by atoms with Crippen LogP contribution in [0, 0.1) is 13.8 Å². The number of nitrogens with zero attached hydrogens (tertiary/aromatic N) is 1. The van der Waals surface area contributed by atoms with Crippen LogP contribution in [0.2, 0.25) is 0 Å². The molecule has 0 fully saturated rings. The zero-order valence-electron chi connectivity index (χ0n) is 17.5. The van der Waals surface area contributed by atoms with E-state index < -0.39 is 0 Å². The second-order valence-electron chi connectivity index (χ2n) is 7.20. The van der Waals surface area contributed by atoms with E-state index in [1.54, 1.807) is 26.1 Å². The predicted octanol–water partition coefficient (Wildman–Crippen LogP) is 3.30. The van der Waals surface area contributed by atoms with Gasteiger partial charge < -0.3 is 19.7 Å². The number of likely N-dealkylation sites (N-methyl/N-ethyl adjacent to an activating group) is 1. The summed E-state index contributed by atoms with van der Waals surface area (Å²) in [6.45, 7) is 5.22. The molecule has 0 aliphatic carbocycles. The number of hydrogen-bond acceptors (Lipinski definition) is 4. The minimum Gasteiger partial charge on any atom is -0.484 e. The summed E-state index contributed by atoms with van der Waals surface area (Å²) in [6, 6.07) is 13.1. The second kappa shape index (κ2) is 10.4. The summed E-state index contributed by atoms with van der Waals surface area (Å²) in [5.41, 5.74) is 3.77. The fourth-order valence-corrected chi connectivity index (χ4v) is 2.82. The molecule has 0 saturated heterocycles. The molecule has 0 atom stereocenters. The number of carbonyl (C=O) groups excluding carboxylic acids is 3. The Balaban J connectivity index is 1.81. The normalized spacial score (nSPS) is 10.3. The number of aryl methyl sites for hydroxylation is 3. The number of anilines is 1. The first kappa shape index (κ1) is 22.1. The van der Waals surface area contributed by atoms with Gasteiger partial charge in [0.15, 0.2) is 6.61 Å². The van der Waals surface area contributed by atoms with E-state index >= 15 is 0 Å². The van der Waals surface area contributed by atoms with E-state index in [9.17, 15) is 14.4 Å². The maximum absolute atomic E-state index is 12.3. The average Bonchev–Trinajstić information content (AvgIpc) is 2.68. The molecule has 0 aliphatic rings. The highest BCUT2D eigenvalue weighted by molar-refractivity contribution is 5.95. The van der Waals surface area contributed by atoms with Crippen LogP contribution >= 0.6 is 0 Å². The van der Waals surface area contributed by atoms with Gasteiger partial charge in [-0.05, 0) is 56.0 Å². The van der Waals surface area contributed by atoms with E-state index in [1.807, 2.05) is 44.2 Å². The molecule has 6 heteroatoms. The molecule has 154 valence electrons. The Kier molecular flexibility index (Phi) is 7.95. The zero-order chi connectivity index (χ0) is 21.4. The van der Waals surface area contributed by atoms with E-state index in [2.05, 4.69) is 5.32 Å². The molecule has 0 heterocycles. The predicted molar refractivity (Wildman–Crippen MR) is 113 cm³/mol. The molecule has 0 spiro atoms. The molecule has 0 bridgehead atoms. The summed E-state index contributed by atoms with van der Waals surface area (Å²) in [6.07, 6.45) is 1.19. The number of para-hydroxylation sites is 1. The molecule has 0 saturated carbocycles. The third kappa shape index (κ3) is 7.07. The molecule has 0 unspecified atom stereocenters. The van der Waals surface area contributed by atoms with Crippen LogP contribution in [0.1, 0.15) is 30.0 Å². The highest BCUT2D eigenvalue weighted by Crippen LogP contribution is 2.19. The smallest absolute Gasteiger partial charge is 0.260 e. The monoisotopic (exact) mass is 396 g/mol. The van der Waals surface area contributed by atoms with Gasteiger partial charge >= 0.3 is 0 Å². The van der Waals surface area contributed by atoms with Crippen LogP contribution in [-0.2, 0) is 20.8 Å². The van der Waals surface area contributed by atoms with Crippen LogP contribution in [0.15, 0.2) is 42.5 Å². The Hall–Kier alpha value is -3.15. The third-order valence-corrected chi connectivity index (χ3v) is 4.60. The largest absolute Gasteiger partial charge is 0.484 e. The number of Topliss-reactive ketones (excluding diaryl/α,β-unsaturated/α-hetero) is 1. The van der Waals surface area contributed by atoms with Crippen molar-refractivity contribution in [3.05, 3.63) is 59.2 Å². The highest BCUT2D eigenvalue weighted by Gasteiger charge is 2.15. The van der Waals surface area contributed by atoms with Crippen LogP contribution in [0.5, 0.6) is 5.75 Å². The fourth-order valence-electron chi connectivity index (χ4n) is 2.82. The van der Waals surface area contributed by atoms with Crippen LogP contribution in [-0.4, -0.2) is 42.7 Å². The van der Waals surface area contributed by atoms with E-state index in [0.29, 0.717) is 18.6 Å². The lowest BCUT2D eigenvalue weighted by atomic mass is 10.1. The first-order valence-electron chi connectivity index (χ1n) is 9.57. The summed E-state index contributed by atoms with van der Waals surface area (Å²) in [5.74, 6) is 0.175. The summed E-state index contributed by atoms with van der Waals surface area (Å²) in [4.78, 5) is 36.9. The molecule has 29 heavy (non-hydrogen) atoms. The second-order valence-corrected chi connectivity index (χ2v) is 7.20. The molecular weight excluding hydrogens is 368 g/mol. The molecule has 2 aromatic carbocycles. The van der Waals surface area contributed by atoms with Gasteiger partial charge in [-0.25, -0.2) is 0 Å². The van der Waals surface area contributed by atoms with Gasteiger partial charge in [-0.15, -0.1) is 0 Å². The molecule has 1 N–H and O–H groups in total. The maximum atomic E-state index is 12.3. The first-order valence-corrected chi connectivity index (χ1v) is 9.57. The lowest BCUT2D eigenvalue weighted by molar-refractivity contribution is -0.135. The van der Waals surface area contributed by atoms with Crippen LogP contribution in [0.3, 0.4) is 0 Å². The number of amides is 2. The molecule has 6 nitrogen and oxygen atoms in total. The molecule has 0 aliphatic heterocycles. The number of benzene rings is 2. The number of nitrogens with one attached hydrogen (secondary N) is 1. The molecule has 2 amide bonds. The van der Waals surface area contributed by atoms with Crippen LogP contribution in [0.4, 0.5) is 5.69 Å². The first-order chi connectivity index (χ1) is 13.8.